The number of carboxylic acids is 1. The molecule has 0 aliphatic heterocycles. The molecule has 0 spiro atoms. The predicted molar refractivity (Wildman–Crippen MR) is 117 cm³/mol. The first-order valence-electron chi connectivity index (χ1n) is 8.69. The fraction of sp³-hybridized carbons (Fsp3) is 0.0476. The van der Waals surface area contributed by atoms with Crippen LogP contribution in [0.15, 0.2) is 76.1 Å². The summed E-state index contributed by atoms with van der Waals surface area (Å²) in [6, 6.07) is 16.7. The van der Waals surface area contributed by atoms with Crippen LogP contribution in [0, 0.1) is 6.92 Å². The summed E-state index contributed by atoms with van der Waals surface area (Å²) in [6.07, 6.45) is 0. The fourth-order valence-electron chi connectivity index (χ4n) is 2.65. The molecule has 3 rings (SSSR count). The highest BCUT2D eigenvalue weighted by atomic mass is 79.9. The van der Waals surface area contributed by atoms with Crippen molar-refractivity contribution in [2.24, 2.45) is 0 Å². The first kappa shape index (κ1) is 21.5. The molecule has 0 bridgehead atoms. The number of aromatic carboxylic acids is 1. The van der Waals surface area contributed by atoms with Gasteiger partial charge in [-0.15, -0.1) is 0 Å². The highest BCUT2D eigenvalue weighted by molar-refractivity contribution is 9.10. The summed E-state index contributed by atoms with van der Waals surface area (Å²) in [7, 11) is -3.82. The molecule has 9 heteroatoms. The molecule has 0 aliphatic rings. The normalized spacial score (nSPS) is 11.0. The molecule has 154 valence electrons. The second-order valence-electron chi connectivity index (χ2n) is 6.45. The maximum Gasteiger partial charge on any atom is 0.337 e. The molecule has 3 aromatic rings. The minimum atomic E-state index is -3.82. The molecule has 1 amide bonds. The van der Waals surface area contributed by atoms with Gasteiger partial charge in [0.1, 0.15) is 0 Å². The van der Waals surface area contributed by atoms with E-state index in [9.17, 15) is 23.1 Å². The van der Waals surface area contributed by atoms with E-state index in [1.54, 1.807) is 18.2 Å². The second kappa shape index (κ2) is 8.68. The summed E-state index contributed by atoms with van der Waals surface area (Å²) < 4.78 is 28.1. The molecule has 0 aromatic heterocycles. The van der Waals surface area contributed by atoms with Gasteiger partial charge in [0.05, 0.1) is 16.1 Å². The van der Waals surface area contributed by atoms with Crippen molar-refractivity contribution >= 4 is 49.2 Å². The molecule has 7 nitrogen and oxygen atoms in total. The standard InChI is InChI=1S/C21H17BrN2O5S/c1-13-5-8-17(9-6-13)30(28,29)24-16-4-2-3-14(11-16)20(25)23-19-10-7-15(22)12-18(19)21(26)27/h2-12,24H,1H3,(H,23,25)(H,26,27). The molecule has 0 radical (unpaired) electrons. The first-order chi connectivity index (χ1) is 14.2. The van der Waals surface area contributed by atoms with Gasteiger partial charge in [-0.3, -0.25) is 9.52 Å². The Hall–Kier alpha value is -3.17. The van der Waals surface area contributed by atoms with Crippen LogP contribution in [0.3, 0.4) is 0 Å². The number of carbonyl (C=O) groups is 2. The van der Waals surface area contributed by atoms with Crippen molar-refractivity contribution in [1.82, 2.24) is 0 Å². The lowest BCUT2D eigenvalue weighted by atomic mass is 10.1. The number of anilines is 2. The summed E-state index contributed by atoms with van der Waals surface area (Å²) in [4.78, 5) is 24.1. The predicted octanol–water partition coefficient (Wildman–Crippen LogP) is 4.51. The van der Waals surface area contributed by atoms with Crippen molar-refractivity contribution in [2.75, 3.05) is 10.0 Å². The molecule has 0 saturated heterocycles. The zero-order chi connectivity index (χ0) is 21.9. The van der Waals surface area contributed by atoms with E-state index in [1.165, 1.54) is 48.5 Å². The Labute approximate surface area is 181 Å². The molecule has 3 aromatic carbocycles. The Morgan fingerprint density at radius 1 is 0.967 bits per heavy atom. The van der Waals surface area contributed by atoms with Crippen LogP contribution in [-0.2, 0) is 10.0 Å². The smallest absolute Gasteiger partial charge is 0.337 e. The van der Waals surface area contributed by atoms with Gasteiger partial charge in [-0.2, -0.15) is 0 Å². The third-order valence-corrected chi connectivity index (χ3v) is 6.06. The average Bonchev–Trinajstić information content (AvgIpc) is 2.69. The third-order valence-electron chi connectivity index (χ3n) is 4.17. The van der Waals surface area contributed by atoms with Crippen molar-refractivity contribution < 1.29 is 23.1 Å². The van der Waals surface area contributed by atoms with E-state index in [2.05, 4.69) is 26.0 Å². The van der Waals surface area contributed by atoms with E-state index in [1.807, 2.05) is 6.92 Å². The molecule has 0 saturated carbocycles. The van der Waals surface area contributed by atoms with Gasteiger partial charge in [0.2, 0.25) is 0 Å². The number of benzene rings is 3. The Bertz CT molecular complexity index is 1220. The van der Waals surface area contributed by atoms with Crippen LogP contribution in [0.25, 0.3) is 0 Å². The van der Waals surface area contributed by atoms with Gasteiger partial charge in [0, 0.05) is 15.7 Å². The number of halogens is 1. The van der Waals surface area contributed by atoms with Crippen LogP contribution in [0.1, 0.15) is 26.3 Å². The molecule has 30 heavy (non-hydrogen) atoms. The largest absolute Gasteiger partial charge is 0.478 e. The molecule has 0 aliphatic carbocycles. The molecule has 0 heterocycles. The number of hydrogen-bond donors (Lipinski definition) is 3. The molecular weight excluding hydrogens is 472 g/mol. The van der Waals surface area contributed by atoms with Crippen LogP contribution in [-0.4, -0.2) is 25.4 Å². The number of amides is 1. The van der Waals surface area contributed by atoms with Crippen molar-refractivity contribution in [3.05, 3.63) is 87.9 Å². The van der Waals surface area contributed by atoms with Gasteiger partial charge < -0.3 is 10.4 Å². The summed E-state index contributed by atoms with van der Waals surface area (Å²) in [5.74, 6) is -1.76. The van der Waals surface area contributed by atoms with Crippen LogP contribution in [0.4, 0.5) is 11.4 Å². The monoisotopic (exact) mass is 488 g/mol. The number of aryl methyl sites for hydroxylation is 1. The molecule has 0 unspecified atom stereocenters. The lowest BCUT2D eigenvalue weighted by Gasteiger charge is -2.11. The van der Waals surface area contributed by atoms with Crippen LogP contribution in [0.5, 0.6) is 0 Å². The van der Waals surface area contributed by atoms with Crippen molar-refractivity contribution in [3.8, 4) is 0 Å². The number of nitrogens with one attached hydrogen (secondary N) is 2. The number of carboxylic acid groups (broad SMARTS) is 1. The summed E-state index contributed by atoms with van der Waals surface area (Å²) in [6.45, 7) is 1.85. The molecular formula is C21H17BrN2O5S. The van der Waals surface area contributed by atoms with Crippen LogP contribution < -0.4 is 10.0 Å². The van der Waals surface area contributed by atoms with E-state index in [-0.39, 0.29) is 27.4 Å². The zero-order valence-corrected chi connectivity index (χ0v) is 18.1. The minimum absolute atomic E-state index is 0.0750. The quantitative estimate of drug-likeness (QED) is 0.472. The third kappa shape index (κ3) is 5.05. The van der Waals surface area contributed by atoms with E-state index in [0.717, 1.165) is 5.56 Å². The highest BCUT2D eigenvalue weighted by Crippen LogP contribution is 2.23. The average molecular weight is 489 g/mol. The lowest BCUT2D eigenvalue weighted by molar-refractivity contribution is 0.0698. The van der Waals surface area contributed by atoms with Crippen molar-refractivity contribution in [1.29, 1.82) is 0 Å². The van der Waals surface area contributed by atoms with E-state index in [4.69, 9.17) is 0 Å². The molecule has 0 atom stereocenters. The first-order valence-corrected chi connectivity index (χ1v) is 11.0. The minimum Gasteiger partial charge on any atom is -0.478 e. The zero-order valence-electron chi connectivity index (χ0n) is 15.7. The van der Waals surface area contributed by atoms with Crippen molar-refractivity contribution in [3.63, 3.8) is 0 Å². The number of rotatable bonds is 6. The van der Waals surface area contributed by atoms with Crippen LogP contribution in [0.2, 0.25) is 0 Å². The number of hydrogen-bond acceptors (Lipinski definition) is 4. The highest BCUT2D eigenvalue weighted by Gasteiger charge is 2.17. The number of carbonyl (C=O) groups excluding carboxylic acids is 1. The van der Waals surface area contributed by atoms with Gasteiger partial charge in [-0.1, -0.05) is 39.7 Å². The fourth-order valence-corrected chi connectivity index (χ4v) is 4.06. The van der Waals surface area contributed by atoms with Gasteiger partial charge >= 0.3 is 5.97 Å². The van der Waals surface area contributed by atoms with Crippen LogP contribution >= 0.6 is 15.9 Å². The van der Waals surface area contributed by atoms with Gasteiger partial charge in [-0.05, 0) is 55.5 Å². The number of sulfonamides is 1. The Balaban J connectivity index is 1.83. The van der Waals surface area contributed by atoms with Crippen molar-refractivity contribution in [2.45, 2.75) is 11.8 Å². The lowest BCUT2D eigenvalue weighted by Crippen LogP contribution is -2.16. The van der Waals surface area contributed by atoms with Gasteiger partial charge in [-0.25, -0.2) is 13.2 Å². The summed E-state index contributed by atoms with van der Waals surface area (Å²) >= 11 is 3.20. The SMILES string of the molecule is Cc1ccc(S(=O)(=O)Nc2cccc(C(=O)Nc3ccc(Br)cc3C(=O)O)c2)cc1. The second-order valence-corrected chi connectivity index (χ2v) is 9.05. The molecule has 3 N–H and O–H groups in total. The Morgan fingerprint density at radius 3 is 2.33 bits per heavy atom. The van der Waals surface area contributed by atoms with Gasteiger partial charge in [0.25, 0.3) is 15.9 Å². The maximum absolute atomic E-state index is 12.6. The molecule has 0 fully saturated rings. The van der Waals surface area contributed by atoms with E-state index in [0.29, 0.717) is 4.47 Å². The Kier molecular flexibility index (Phi) is 6.23. The van der Waals surface area contributed by atoms with E-state index < -0.39 is 21.9 Å². The Morgan fingerprint density at radius 2 is 1.67 bits per heavy atom. The topological polar surface area (TPSA) is 113 Å². The van der Waals surface area contributed by atoms with E-state index >= 15 is 0 Å². The summed E-state index contributed by atoms with van der Waals surface area (Å²) in [5.41, 5.74) is 1.35. The maximum atomic E-state index is 12.6. The summed E-state index contributed by atoms with van der Waals surface area (Å²) in [5, 5.41) is 11.9. The van der Waals surface area contributed by atoms with Gasteiger partial charge in [0.15, 0.2) is 0 Å².